The van der Waals surface area contributed by atoms with Gasteiger partial charge >= 0.3 is 0 Å². The zero-order valence-corrected chi connectivity index (χ0v) is 31.7. The number of nitrogens with zero attached hydrogens (tertiary/aromatic N) is 1. The summed E-state index contributed by atoms with van der Waals surface area (Å²) in [6.45, 7) is 4.67. The van der Waals surface area contributed by atoms with Crippen molar-refractivity contribution in [1.82, 2.24) is 0 Å². The maximum absolute atomic E-state index is 2.37. The first kappa shape index (κ1) is 33.1. The summed E-state index contributed by atoms with van der Waals surface area (Å²) in [4.78, 5) is 2.37. The second-order valence-electron chi connectivity index (χ2n) is 15.0. The van der Waals surface area contributed by atoms with E-state index in [0.717, 1.165) is 17.1 Å². The molecule has 1 heterocycles. The Morgan fingerprint density at radius 3 is 1.53 bits per heavy atom. The van der Waals surface area contributed by atoms with Crippen LogP contribution < -0.4 is 4.90 Å². The van der Waals surface area contributed by atoms with Crippen molar-refractivity contribution in [2.24, 2.45) is 0 Å². The van der Waals surface area contributed by atoms with Crippen molar-refractivity contribution >= 4 is 60.2 Å². The average molecular weight is 722 g/mol. The molecule has 0 amide bonds. The van der Waals surface area contributed by atoms with Gasteiger partial charge in [-0.05, 0) is 104 Å². The normalized spacial score (nSPS) is 13.2. The van der Waals surface area contributed by atoms with Gasteiger partial charge < -0.3 is 4.90 Å². The molecular formula is C53H39NS. The Kier molecular flexibility index (Phi) is 8.08. The van der Waals surface area contributed by atoms with Crippen LogP contribution in [0.3, 0.4) is 0 Å². The van der Waals surface area contributed by atoms with Crippen LogP contribution in [0.15, 0.2) is 194 Å². The number of rotatable bonds is 7. The van der Waals surface area contributed by atoms with Crippen molar-refractivity contribution in [3.8, 4) is 33.4 Å². The van der Waals surface area contributed by atoms with E-state index in [9.17, 15) is 0 Å². The molecule has 0 radical (unpaired) electrons. The van der Waals surface area contributed by atoms with E-state index >= 15 is 0 Å². The molecule has 262 valence electrons. The molecule has 0 atom stereocenters. The molecule has 0 aliphatic heterocycles. The van der Waals surface area contributed by atoms with Crippen LogP contribution in [0.1, 0.15) is 30.5 Å². The molecule has 10 rings (SSSR count). The van der Waals surface area contributed by atoms with Crippen molar-refractivity contribution in [2.75, 3.05) is 4.90 Å². The van der Waals surface area contributed by atoms with Crippen LogP contribution in [-0.4, -0.2) is 0 Å². The van der Waals surface area contributed by atoms with Crippen molar-refractivity contribution < 1.29 is 0 Å². The van der Waals surface area contributed by atoms with E-state index in [-0.39, 0.29) is 5.41 Å². The minimum atomic E-state index is -0.0555. The zero-order chi connectivity index (χ0) is 36.9. The van der Waals surface area contributed by atoms with Gasteiger partial charge in [0.05, 0.1) is 0 Å². The minimum Gasteiger partial charge on any atom is -0.311 e. The average Bonchev–Trinajstić information content (AvgIpc) is 3.76. The molecule has 0 unspecified atom stereocenters. The minimum absolute atomic E-state index is 0.0555. The lowest BCUT2D eigenvalue weighted by molar-refractivity contribution is 0.704. The van der Waals surface area contributed by atoms with Gasteiger partial charge in [-0.25, -0.2) is 0 Å². The Bertz CT molecular complexity index is 2840. The Morgan fingerprint density at radius 2 is 0.891 bits per heavy atom. The van der Waals surface area contributed by atoms with E-state index in [4.69, 9.17) is 0 Å². The lowest BCUT2D eigenvalue weighted by Gasteiger charge is -2.28. The molecule has 0 N–H and O–H groups in total. The molecular weight excluding hydrogens is 683 g/mol. The van der Waals surface area contributed by atoms with Crippen LogP contribution in [0.25, 0.3) is 65.2 Å². The molecule has 0 fully saturated rings. The highest BCUT2D eigenvalue weighted by atomic mass is 32.1. The third kappa shape index (κ3) is 5.87. The Labute approximate surface area is 327 Å². The number of allylic oxidation sites excluding steroid dienone is 1. The maximum Gasteiger partial charge on any atom is 0.0462 e. The highest BCUT2D eigenvalue weighted by Gasteiger charge is 2.33. The van der Waals surface area contributed by atoms with Crippen molar-refractivity contribution in [3.05, 3.63) is 211 Å². The van der Waals surface area contributed by atoms with E-state index in [1.807, 2.05) is 11.3 Å². The third-order valence-electron chi connectivity index (χ3n) is 11.3. The van der Waals surface area contributed by atoms with Crippen molar-refractivity contribution in [2.45, 2.75) is 19.3 Å². The summed E-state index contributed by atoms with van der Waals surface area (Å²) in [5.74, 6) is 0. The van der Waals surface area contributed by atoms with Gasteiger partial charge in [0, 0.05) is 42.6 Å². The van der Waals surface area contributed by atoms with Crippen LogP contribution in [0.4, 0.5) is 17.1 Å². The summed E-state index contributed by atoms with van der Waals surface area (Å²) < 4.78 is 2.66. The topological polar surface area (TPSA) is 3.24 Å². The smallest absolute Gasteiger partial charge is 0.0462 e. The second-order valence-corrected chi connectivity index (χ2v) is 16.0. The first-order chi connectivity index (χ1) is 27.0. The fourth-order valence-electron chi connectivity index (χ4n) is 8.41. The standard InChI is InChI=1S/C53H39NS/c1-53(2)49-17-8-6-13-42(49)35-50(53)41-27-33-45(34-28-41)54(43-29-23-39(24-30-43)38-21-19-37(20-22-38)36-11-4-3-5-12-36)44-31-25-40(26-32-44)46-15-10-16-48-47-14-7-9-18-51(47)55-52(46)48/h3-35H,1-2H3. The lowest BCUT2D eigenvalue weighted by atomic mass is 9.78. The first-order valence-electron chi connectivity index (χ1n) is 19.0. The summed E-state index contributed by atoms with van der Waals surface area (Å²) in [7, 11) is 0. The van der Waals surface area contributed by atoms with Crippen LogP contribution in [-0.2, 0) is 5.41 Å². The number of benzene rings is 8. The molecule has 0 saturated heterocycles. The zero-order valence-electron chi connectivity index (χ0n) is 30.9. The van der Waals surface area contributed by atoms with Crippen molar-refractivity contribution in [1.29, 1.82) is 0 Å². The Balaban J connectivity index is 1.01. The summed E-state index contributed by atoms with van der Waals surface area (Å²) in [5.41, 5.74) is 16.0. The van der Waals surface area contributed by atoms with Crippen LogP contribution in [0.5, 0.6) is 0 Å². The highest BCUT2D eigenvalue weighted by molar-refractivity contribution is 7.26. The van der Waals surface area contributed by atoms with Gasteiger partial charge in [0.1, 0.15) is 0 Å². The molecule has 0 spiro atoms. The van der Waals surface area contributed by atoms with Crippen molar-refractivity contribution in [3.63, 3.8) is 0 Å². The fourth-order valence-corrected chi connectivity index (χ4v) is 9.65. The number of hydrogen-bond donors (Lipinski definition) is 0. The molecule has 55 heavy (non-hydrogen) atoms. The van der Waals surface area contributed by atoms with E-state index in [0.29, 0.717) is 0 Å². The summed E-state index contributed by atoms with van der Waals surface area (Å²) in [6.07, 6.45) is 2.36. The molecule has 9 aromatic rings. The van der Waals surface area contributed by atoms with E-state index < -0.39 is 0 Å². The molecule has 2 heteroatoms. The highest BCUT2D eigenvalue weighted by Crippen LogP contribution is 2.47. The van der Waals surface area contributed by atoms with E-state index in [1.54, 1.807) is 0 Å². The van der Waals surface area contributed by atoms with Gasteiger partial charge in [-0.1, -0.05) is 166 Å². The largest absolute Gasteiger partial charge is 0.311 e. The van der Waals surface area contributed by atoms with Crippen LogP contribution >= 0.6 is 11.3 Å². The molecule has 1 aromatic heterocycles. The maximum atomic E-state index is 2.37. The summed E-state index contributed by atoms with van der Waals surface area (Å²) >= 11 is 1.88. The molecule has 0 saturated carbocycles. The number of fused-ring (bicyclic) bond motifs is 4. The Morgan fingerprint density at radius 1 is 0.400 bits per heavy atom. The second kappa shape index (κ2) is 13.4. The Hall–Kier alpha value is -6.48. The molecule has 1 aliphatic rings. The van der Waals surface area contributed by atoms with Gasteiger partial charge in [-0.15, -0.1) is 11.3 Å². The molecule has 0 bridgehead atoms. The number of thiophene rings is 1. The third-order valence-corrected chi connectivity index (χ3v) is 12.6. The summed E-state index contributed by atoms with van der Waals surface area (Å²) in [6, 6.07) is 70.9. The number of hydrogen-bond acceptors (Lipinski definition) is 2. The monoisotopic (exact) mass is 721 g/mol. The first-order valence-corrected chi connectivity index (χ1v) is 19.8. The van der Waals surface area contributed by atoms with Gasteiger partial charge in [-0.2, -0.15) is 0 Å². The fraction of sp³-hybridized carbons (Fsp3) is 0.0566. The molecule has 1 nitrogen and oxygen atoms in total. The number of anilines is 3. The van der Waals surface area contributed by atoms with Gasteiger partial charge in [0.15, 0.2) is 0 Å². The van der Waals surface area contributed by atoms with Gasteiger partial charge in [-0.3, -0.25) is 0 Å². The lowest BCUT2D eigenvalue weighted by Crippen LogP contribution is -2.16. The van der Waals surface area contributed by atoms with Crippen LogP contribution in [0, 0.1) is 0 Å². The predicted molar refractivity (Wildman–Crippen MR) is 238 cm³/mol. The van der Waals surface area contributed by atoms with Crippen LogP contribution in [0.2, 0.25) is 0 Å². The predicted octanol–water partition coefficient (Wildman–Crippen LogP) is 15.4. The van der Waals surface area contributed by atoms with Gasteiger partial charge in [0.2, 0.25) is 0 Å². The van der Waals surface area contributed by atoms with E-state index in [1.165, 1.54) is 75.8 Å². The van der Waals surface area contributed by atoms with Gasteiger partial charge in [0.25, 0.3) is 0 Å². The summed E-state index contributed by atoms with van der Waals surface area (Å²) in [5, 5.41) is 2.65. The molecule has 1 aliphatic carbocycles. The molecule has 8 aromatic carbocycles. The quantitative estimate of drug-likeness (QED) is 0.158. The SMILES string of the molecule is CC1(C)C(c2ccc(N(c3ccc(-c4ccc(-c5ccccc5)cc4)cc3)c3ccc(-c4cccc5c4sc4ccccc45)cc3)cc2)=Cc2ccccc21. The van der Waals surface area contributed by atoms with E-state index in [2.05, 4.69) is 219 Å².